The number of nitrogen functional groups attached to an aromatic ring is 1. The van der Waals surface area contributed by atoms with E-state index in [0.29, 0.717) is 5.95 Å². The molecule has 2 rings (SSSR count). The monoisotopic (exact) mass is 317 g/mol. The van der Waals surface area contributed by atoms with E-state index in [1.807, 2.05) is 30.0 Å². The van der Waals surface area contributed by atoms with Crippen molar-refractivity contribution in [2.45, 2.75) is 39.3 Å². The number of nitrogens with two attached hydrogens (primary N) is 1. The van der Waals surface area contributed by atoms with Crippen molar-refractivity contribution in [3.05, 3.63) is 41.7 Å². The number of halogens is 1. The maximum atomic E-state index is 14.1. The van der Waals surface area contributed by atoms with E-state index in [-0.39, 0.29) is 11.8 Å². The number of aryl methyl sites for hydroxylation is 1. The molecule has 0 saturated heterocycles. The zero-order valence-electron chi connectivity index (χ0n) is 14.0. The summed E-state index contributed by atoms with van der Waals surface area (Å²) in [4.78, 5) is 14.3. The molecule has 1 aromatic carbocycles. The van der Waals surface area contributed by atoms with Gasteiger partial charge in [0.2, 0.25) is 11.9 Å². The lowest BCUT2D eigenvalue weighted by atomic mass is 10.1. The second-order valence-corrected chi connectivity index (χ2v) is 5.96. The van der Waals surface area contributed by atoms with Gasteiger partial charge < -0.3 is 10.6 Å². The summed E-state index contributed by atoms with van der Waals surface area (Å²) in [5, 5.41) is 0. The quantitative estimate of drug-likeness (QED) is 0.850. The topological polar surface area (TPSA) is 67.9 Å². The molecule has 0 fully saturated rings. The third-order valence-corrected chi connectivity index (χ3v) is 3.57. The molecule has 0 radical (unpaired) electrons. The zero-order valence-corrected chi connectivity index (χ0v) is 14.0. The van der Waals surface area contributed by atoms with Crippen molar-refractivity contribution in [3.63, 3.8) is 0 Å². The minimum absolute atomic E-state index is 0.0530. The number of aromatic nitrogens is 3. The first-order valence-electron chi connectivity index (χ1n) is 7.90. The Labute approximate surface area is 136 Å². The average molecular weight is 317 g/mol. The Bertz CT molecular complexity index is 625. The molecule has 124 valence electrons. The molecule has 0 atom stereocenters. The van der Waals surface area contributed by atoms with Gasteiger partial charge in [-0.1, -0.05) is 30.3 Å². The number of anilines is 2. The van der Waals surface area contributed by atoms with Crippen molar-refractivity contribution >= 4 is 11.9 Å². The van der Waals surface area contributed by atoms with Crippen LogP contribution in [0.25, 0.3) is 0 Å². The third kappa shape index (κ3) is 4.87. The number of benzene rings is 1. The predicted octanol–water partition coefficient (Wildman–Crippen LogP) is 3.12. The largest absolute Gasteiger partial charge is 0.368 e. The normalized spacial score (nSPS) is 11.5. The molecular weight excluding hydrogens is 293 g/mol. The maximum Gasteiger partial charge on any atom is 0.230 e. The van der Waals surface area contributed by atoms with Crippen molar-refractivity contribution in [3.8, 4) is 0 Å². The molecule has 0 unspecified atom stereocenters. The van der Waals surface area contributed by atoms with Crippen LogP contribution in [0.2, 0.25) is 0 Å². The fourth-order valence-corrected chi connectivity index (χ4v) is 2.31. The number of hydrogen-bond acceptors (Lipinski definition) is 5. The highest BCUT2D eigenvalue weighted by Gasteiger charge is 2.25. The number of alkyl halides is 1. The second kappa shape index (κ2) is 7.35. The van der Waals surface area contributed by atoms with Gasteiger partial charge in [-0.15, -0.1) is 0 Å². The molecule has 5 nitrogen and oxygen atoms in total. The van der Waals surface area contributed by atoms with Gasteiger partial charge in [0.15, 0.2) is 11.5 Å². The van der Waals surface area contributed by atoms with Crippen molar-refractivity contribution in [2.24, 2.45) is 0 Å². The Kier molecular flexibility index (Phi) is 5.47. The molecule has 0 aliphatic carbocycles. The Morgan fingerprint density at radius 2 is 1.83 bits per heavy atom. The van der Waals surface area contributed by atoms with Gasteiger partial charge in [-0.3, -0.25) is 0 Å². The van der Waals surface area contributed by atoms with Gasteiger partial charge in [0.1, 0.15) is 0 Å². The second-order valence-electron chi connectivity index (χ2n) is 5.96. The van der Waals surface area contributed by atoms with Crippen molar-refractivity contribution in [1.29, 1.82) is 0 Å². The summed E-state index contributed by atoms with van der Waals surface area (Å²) in [6.07, 6.45) is 1.93. The lowest BCUT2D eigenvalue weighted by Gasteiger charge is -2.22. The summed E-state index contributed by atoms with van der Waals surface area (Å²) in [6.45, 7) is 6.35. The van der Waals surface area contributed by atoms with Crippen LogP contribution in [0.15, 0.2) is 30.3 Å². The van der Waals surface area contributed by atoms with Crippen LogP contribution in [0.5, 0.6) is 0 Å². The first-order valence-corrected chi connectivity index (χ1v) is 7.90. The lowest BCUT2D eigenvalue weighted by Crippen LogP contribution is -2.28. The summed E-state index contributed by atoms with van der Waals surface area (Å²) in [6, 6.07) is 10.3. The average Bonchev–Trinajstić information content (AvgIpc) is 2.51. The van der Waals surface area contributed by atoms with Crippen LogP contribution in [0, 0.1) is 0 Å². The van der Waals surface area contributed by atoms with Gasteiger partial charge in [-0.2, -0.15) is 15.0 Å². The van der Waals surface area contributed by atoms with Crippen molar-refractivity contribution in [2.75, 3.05) is 23.7 Å². The standard InChI is InChI=1S/C17H24FN5/c1-4-23(12-8-11-13-9-6-5-7-10-13)16-21-14(17(2,3)18)20-15(19)22-16/h5-7,9-10H,4,8,11-12H2,1-3H3,(H2,19,20,21,22). The van der Waals surface area contributed by atoms with Crippen LogP contribution in [-0.4, -0.2) is 28.0 Å². The number of hydrogen-bond donors (Lipinski definition) is 1. The Hall–Kier alpha value is -2.24. The zero-order chi connectivity index (χ0) is 16.9. The molecule has 1 aromatic heterocycles. The number of rotatable bonds is 7. The molecule has 2 N–H and O–H groups in total. The van der Waals surface area contributed by atoms with Gasteiger partial charge in [-0.05, 0) is 39.2 Å². The van der Waals surface area contributed by atoms with Crippen LogP contribution in [0.4, 0.5) is 16.3 Å². The van der Waals surface area contributed by atoms with Gasteiger partial charge in [0.05, 0.1) is 0 Å². The fraction of sp³-hybridized carbons (Fsp3) is 0.471. The van der Waals surface area contributed by atoms with Gasteiger partial charge in [0.25, 0.3) is 0 Å². The van der Waals surface area contributed by atoms with E-state index in [4.69, 9.17) is 5.73 Å². The van der Waals surface area contributed by atoms with Crippen LogP contribution in [0.3, 0.4) is 0 Å². The van der Waals surface area contributed by atoms with E-state index in [2.05, 4.69) is 27.1 Å². The van der Waals surface area contributed by atoms with Crippen LogP contribution < -0.4 is 10.6 Å². The first-order chi connectivity index (χ1) is 10.9. The highest BCUT2D eigenvalue weighted by molar-refractivity contribution is 5.35. The molecule has 1 heterocycles. The Morgan fingerprint density at radius 3 is 2.43 bits per heavy atom. The van der Waals surface area contributed by atoms with Crippen LogP contribution >= 0.6 is 0 Å². The lowest BCUT2D eigenvalue weighted by molar-refractivity contribution is 0.206. The van der Waals surface area contributed by atoms with Gasteiger partial charge >= 0.3 is 0 Å². The number of nitrogens with zero attached hydrogens (tertiary/aromatic N) is 4. The van der Waals surface area contributed by atoms with Crippen LogP contribution in [0.1, 0.15) is 38.6 Å². The van der Waals surface area contributed by atoms with E-state index in [1.165, 1.54) is 19.4 Å². The summed E-state index contributed by atoms with van der Waals surface area (Å²) in [7, 11) is 0. The summed E-state index contributed by atoms with van der Waals surface area (Å²) in [5.74, 6) is 0.563. The molecule has 0 saturated carbocycles. The summed E-state index contributed by atoms with van der Waals surface area (Å²) < 4.78 is 14.1. The third-order valence-electron chi connectivity index (χ3n) is 3.57. The SMILES string of the molecule is CCN(CCCc1ccccc1)c1nc(N)nc(C(C)(C)F)n1. The molecule has 0 aliphatic rings. The molecule has 0 aliphatic heterocycles. The molecule has 2 aromatic rings. The minimum atomic E-state index is -1.64. The summed E-state index contributed by atoms with van der Waals surface area (Å²) >= 11 is 0. The van der Waals surface area contributed by atoms with E-state index in [1.54, 1.807) is 0 Å². The van der Waals surface area contributed by atoms with Gasteiger partial charge in [0, 0.05) is 13.1 Å². The molecule has 0 bridgehead atoms. The van der Waals surface area contributed by atoms with Gasteiger partial charge in [-0.25, -0.2) is 4.39 Å². The Balaban J connectivity index is 2.07. The van der Waals surface area contributed by atoms with Crippen molar-refractivity contribution in [1.82, 2.24) is 15.0 Å². The smallest absolute Gasteiger partial charge is 0.230 e. The highest BCUT2D eigenvalue weighted by atomic mass is 19.1. The fourth-order valence-electron chi connectivity index (χ4n) is 2.31. The molecule has 0 spiro atoms. The van der Waals surface area contributed by atoms with Crippen LogP contribution in [-0.2, 0) is 12.1 Å². The van der Waals surface area contributed by atoms with E-state index < -0.39 is 5.67 Å². The highest BCUT2D eigenvalue weighted by Crippen LogP contribution is 2.23. The minimum Gasteiger partial charge on any atom is -0.368 e. The molecular formula is C17H24FN5. The molecule has 0 amide bonds. The van der Waals surface area contributed by atoms with E-state index in [0.717, 1.165) is 25.9 Å². The predicted molar refractivity (Wildman–Crippen MR) is 91.0 cm³/mol. The first kappa shape index (κ1) is 17.1. The van der Waals surface area contributed by atoms with E-state index >= 15 is 0 Å². The molecule has 23 heavy (non-hydrogen) atoms. The molecule has 6 heteroatoms. The Morgan fingerprint density at radius 1 is 1.13 bits per heavy atom. The summed E-state index contributed by atoms with van der Waals surface area (Å²) in [5.41, 5.74) is 5.36. The van der Waals surface area contributed by atoms with Crippen molar-refractivity contribution < 1.29 is 4.39 Å². The van der Waals surface area contributed by atoms with E-state index in [9.17, 15) is 4.39 Å². The maximum absolute atomic E-state index is 14.1.